The summed E-state index contributed by atoms with van der Waals surface area (Å²) in [4.78, 5) is 10.2. The van der Waals surface area contributed by atoms with Crippen LogP contribution in [0, 0.1) is 0 Å². The number of rotatable bonds is 1. The van der Waals surface area contributed by atoms with Crippen LogP contribution < -0.4 is 0 Å². The molecule has 0 bridgehead atoms. The fourth-order valence-corrected chi connectivity index (χ4v) is 0.581. The Morgan fingerprint density at radius 1 is 1.00 bits per heavy atom. The highest BCUT2D eigenvalue weighted by atomic mass is 19.0. The van der Waals surface area contributed by atoms with Crippen LogP contribution in [-0.2, 0) is 0 Å². The van der Waals surface area contributed by atoms with Gasteiger partial charge in [0.15, 0.2) is 0 Å². The van der Waals surface area contributed by atoms with E-state index in [1.807, 2.05) is 0 Å². The predicted molar refractivity (Wildman–Crippen MR) is 40.9 cm³/mol. The van der Waals surface area contributed by atoms with Gasteiger partial charge in [0.05, 0.1) is 5.56 Å². The van der Waals surface area contributed by atoms with E-state index in [4.69, 9.17) is 5.11 Å². The lowest BCUT2D eigenvalue weighted by molar-refractivity contribution is 0.0697. The highest BCUT2D eigenvalue weighted by Crippen LogP contribution is 1.96. The number of benzene rings is 1. The number of carboxylic acids is 1. The lowest BCUT2D eigenvalue weighted by Crippen LogP contribution is -1.93. The van der Waals surface area contributed by atoms with Gasteiger partial charge < -0.3 is 5.11 Å². The second kappa shape index (κ2) is 7.59. The molecule has 1 rings (SSSR count). The molecule has 2 nitrogen and oxygen atoms in total. The third kappa shape index (κ3) is 4.32. The van der Waals surface area contributed by atoms with Crippen molar-refractivity contribution in [3.63, 3.8) is 0 Å². The number of hydrogen-bond acceptors (Lipinski definition) is 1. The number of hydrogen-bond donors (Lipinski definition) is 1. The molecule has 0 radical (unpaired) electrons. The molecule has 0 saturated carbocycles. The molecule has 0 fully saturated rings. The number of carbonyl (C=O) groups is 1. The molecule has 0 aliphatic heterocycles. The summed E-state index contributed by atoms with van der Waals surface area (Å²) < 4.78 is 0. The fraction of sp³-hybridized carbons (Fsp3) is 0. The van der Waals surface area contributed by atoms with Gasteiger partial charge in [-0.1, -0.05) is 18.2 Å². The Morgan fingerprint density at radius 3 is 1.67 bits per heavy atom. The van der Waals surface area contributed by atoms with Crippen LogP contribution in [0.4, 0.5) is 14.1 Å². The van der Waals surface area contributed by atoms with E-state index >= 15 is 0 Å². The van der Waals surface area contributed by atoms with Crippen LogP contribution >= 0.6 is 0 Å². The Morgan fingerprint density at radius 2 is 1.42 bits per heavy atom. The average molecular weight is 182 g/mol. The minimum Gasteiger partial charge on any atom is -0.478 e. The molecule has 0 spiro atoms. The van der Waals surface area contributed by atoms with Gasteiger partial charge >= 0.3 is 5.97 Å². The molecule has 1 aromatic rings. The van der Waals surface area contributed by atoms with Crippen LogP contribution in [0.3, 0.4) is 0 Å². The summed E-state index contributed by atoms with van der Waals surface area (Å²) >= 11 is 0. The van der Waals surface area contributed by atoms with Gasteiger partial charge in [-0.2, -0.15) is 0 Å². The topological polar surface area (TPSA) is 37.3 Å². The molecule has 0 amide bonds. The number of aromatic carboxylic acids is 1. The minimum atomic E-state index is -0.879. The molecule has 12 heavy (non-hydrogen) atoms. The second-order valence-electron chi connectivity index (χ2n) is 1.67. The maximum absolute atomic E-state index is 10.2. The Hall–Kier alpha value is -1.52. The summed E-state index contributed by atoms with van der Waals surface area (Å²) in [5.74, 6) is -0.879. The predicted octanol–water partition coefficient (Wildman–Crippen LogP) is 1.84. The first-order valence-corrected chi connectivity index (χ1v) is 2.59. The maximum atomic E-state index is 10.2. The van der Waals surface area contributed by atoms with Crippen LogP contribution in [0.25, 0.3) is 0 Å². The van der Waals surface area contributed by atoms with Crippen molar-refractivity contribution < 1.29 is 24.0 Å². The molecule has 0 saturated heterocycles. The van der Waals surface area contributed by atoms with Crippen molar-refractivity contribution in [1.29, 1.82) is 0 Å². The van der Waals surface area contributed by atoms with E-state index in [-0.39, 0.29) is 14.1 Å². The first kappa shape index (κ1) is 16.8. The van der Waals surface area contributed by atoms with Gasteiger partial charge in [0.2, 0.25) is 0 Å². The fourth-order valence-electron chi connectivity index (χ4n) is 0.581. The first-order valence-electron chi connectivity index (χ1n) is 2.59. The highest BCUT2D eigenvalue weighted by Gasteiger charge is 1.96. The van der Waals surface area contributed by atoms with E-state index in [0.717, 1.165) is 0 Å². The molecule has 1 N–H and O–H groups in total. The van der Waals surface area contributed by atoms with Crippen LogP contribution in [0.15, 0.2) is 30.3 Å². The largest absolute Gasteiger partial charge is 0.478 e. The minimum absolute atomic E-state index is 0. The van der Waals surface area contributed by atoms with E-state index in [9.17, 15) is 4.79 Å². The zero-order valence-electron chi connectivity index (χ0n) is 5.97. The van der Waals surface area contributed by atoms with Crippen LogP contribution in [-0.4, -0.2) is 11.1 Å². The summed E-state index contributed by atoms with van der Waals surface area (Å²) in [6, 6.07) is 8.30. The molecular weight excluding hydrogens is 173 g/mol. The lowest BCUT2D eigenvalue weighted by Gasteiger charge is -1.88. The SMILES string of the molecule is F.F.F.O=C(O)c1ccccc1. The van der Waals surface area contributed by atoms with Gasteiger partial charge in [0.25, 0.3) is 0 Å². The smallest absolute Gasteiger partial charge is 0.335 e. The van der Waals surface area contributed by atoms with Gasteiger partial charge in [-0.3, -0.25) is 14.1 Å². The van der Waals surface area contributed by atoms with E-state index < -0.39 is 5.97 Å². The molecule has 5 heteroatoms. The monoisotopic (exact) mass is 182 g/mol. The molecule has 1 aromatic carbocycles. The third-order valence-corrected chi connectivity index (χ3v) is 1.02. The van der Waals surface area contributed by atoms with E-state index in [2.05, 4.69) is 0 Å². The van der Waals surface area contributed by atoms with Crippen LogP contribution in [0.1, 0.15) is 10.4 Å². The molecule has 0 aliphatic carbocycles. The van der Waals surface area contributed by atoms with Crippen molar-refractivity contribution in [2.75, 3.05) is 0 Å². The third-order valence-electron chi connectivity index (χ3n) is 1.02. The normalized spacial score (nSPS) is 6.67. The van der Waals surface area contributed by atoms with Crippen LogP contribution in [0.5, 0.6) is 0 Å². The quantitative estimate of drug-likeness (QED) is 0.719. The number of halogens is 3. The van der Waals surface area contributed by atoms with Gasteiger partial charge in [-0.05, 0) is 12.1 Å². The van der Waals surface area contributed by atoms with Crippen LogP contribution in [0.2, 0.25) is 0 Å². The van der Waals surface area contributed by atoms with Gasteiger partial charge in [0.1, 0.15) is 0 Å². The Balaban J connectivity index is -0.000000270. The van der Waals surface area contributed by atoms with E-state index in [1.165, 1.54) is 0 Å². The van der Waals surface area contributed by atoms with Crippen molar-refractivity contribution in [2.45, 2.75) is 0 Å². The lowest BCUT2D eigenvalue weighted by atomic mass is 10.2. The summed E-state index contributed by atoms with van der Waals surface area (Å²) in [5, 5.41) is 8.38. The Bertz CT molecular complexity index is 213. The molecule has 0 aromatic heterocycles. The molecule has 0 atom stereocenters. The molecule has 0 aliphatic rings. The number of carboxylic acid groups (broad SMARTS) is 1. The molecular formula is C7H9F3O2. The van der Waals surface area contributed by atoms with Gasteiger partial charge in [0, 0.05) is 0 Å². The molecule has 0 unspecified atom stereocenters. The van der Waals surface area contributed by atoms with Crippen molar-refractivity contribution in [1.82, 2.24) is 0 Å². The maximum Gasteiger partial charge on any atom is 0.335 e. The van der Waals surface area contributed by atoms with Crippen molar-refractivity contribution >= 4 is 5.97 Å². The standard InChI is InChI=1S/C7H6O2.3FH/c8-7(9)6-4-2-1-3-5-6;;;/h1-5H,(H,8,9);3*1H. The summed E-state index contributed by atoms with van der Waals surface area (Å²) in [6.07, 6.45) is 0. The highest BCUT2D eigenvalue weighted by molar-refractivity contribution is 5.87. The summed E-state index contributed by atoms with van der Waals surface area (Å²) in [6.45, 7) is 0. The van der Waals surface area contributed by atoms with Crippen molar-refractivity contribution in [3.05, 3.63) is 35.9 Å². The van der Waals surface area contributed by atoms with E-state index in [1.54, 1.807) is 30.3 Å². The van der Waals surface area contributed by atoms with Gasteiger partial charge in [-0.25, -0.2) is 4.79 Å². The summed E-state index contributed by atoms with van der Waals surface area (Å²) in [5.41, 5.74) is 0.331. The zero-order valence-corrected chi connectivity index (χ0v) is 5.97. The van der Waals surface area contributed by atoms with Crippen molar-refractivity contribution in [2.24, 2.45) is 0 Å². The van der Waals surface area contributed by atoms with Crippen molar-refractivity contribution in [3.8, 4) is 0 Å². The second-order valence-corrected chi connectivity index (χ2v) is 1.67. The van der Waals surface area contributed by atoms with Gasteiger partial charge in [-0.15, -0.1) is 0 Å². The first-order chi connectivity index (χ1) is 4.30. The summed E-state index contributed by atoms with van der Waals surface area (Å²) in [7, 11) is 0. The molecule has 70 valence electrons. The Kier molecular flexibility index (Phi) is 10.6. The zero-order chi connectivity index (χ0) is 6.69. The van der Waals surface area contributed by atoms with E-state index in [0.29, 0.717) is 5.56 Å². The average Bonchev–Trinajstić information content (AvgIpc) is 1.90. The Labute approximate surface area is 66.9 Å². The molecule has 0 heterocycles.